The zero-order chi connectivity index (χ0) is 28.6. The molecule has 4 aromatic carbocycles. The Labute approximate surface area is 243 Å². The first-order valence-corrected chi connectivity index (χ1v) is 14.4. The highest BCUT2D eigenvalue weighted by atomic mass is 32.2. The summed E-state index contributed by atoms with van der Waals surface area (Å²) in [4.78, 5) is 24.8. The van der Waals surface area contributed by atoms with Crippen molar-refractivity contribution >= 4 is 23.6 Å². The number of carboxylic acids is 1. The molecular weight excluding hydrogens is 538 g/mol. The van der Waals surface area contributed by atoms with E-state index in [4.69, 9.17) is 9.47 Å². The molecule has 0 aliphatic carbocycles. The average molecular weight is 570 g/mol. The quantitative estimate of drug-likeness (QED) is 0.197. The molecule has 0 bridgehead atoms. The highest BCUT2D eigenvalue weighted by Gasteiger charge is 2.32. The number of carbonyl (C=O) groups excluding carboxylic acids is 1. The number of aliphatic hydroxyl groups excluding tert-OH is 1. The molecule has 7 nitrogen and oxygen atoms in total. The molecule has 0 aromatic heterocycles. The summed E-state index contributed by atoms with van der Waals surface area (Å²) in [5, 5.41) is 22.0. The summed E-state index contributed by atoms with van der Waals surface area (Å²) >= 11 is 1.46. The number of thioether (sulfide) groups is 1. The molecule has 210 valence electrons. The van der Waals surface area contributed by atoms with Gasteiger partial charge in [0.25, 0.3) is 5.91 Å². The molecule has 3 unspecified atom stereocenters. The van der Waals surface area contributed by atoms with Gasteiger partial charge in [-0.3, -0.25) is 4.79 Å². The molecule has 0 radical (unpaired) electrons. The van der Waals surface area contributed by atoms with E-state index >= 15 is 0 Å². The second-order valence-electron chi connectivity index (χ2n) is 9.75. The highest BCUT2D eigenvalue weighted by Crippen LogP contribution is 2.39. The maximum Gasteiger partial charge on any atom is 0.336 e. The fourth-order valence-corrected chi connectivity index (χ4v) is 5.71. The van der Waals surface area contributed by atoms with Crippen LogP contribution in [0.1, 0.15) is 61.8 Å². The fourth-order valence-electron chi connectivity index (χ4n) is 4.64. The molecule has 1 saturated heterocycles. The van der Waals surface area contributed by atoms with Gasteiger partial charge in [0, 0.05) is 34.7 Å². The maximum atomic E-state index is 12.4. The molecule has 1 aliphatic heterocycles. The van der Waals surface area contributed by atoms with Crippen LogP contribution in [0.2, 0.25) is 0 Å². The van der Waals surface area contributed by atoms with Crippen LogP contribution in [0.4, 0.5) is 0 Å². The van der Waals surface area contributed by atoms with Gasteiger partial charge < -0.3 is 25.0 Å². The van der Waals surface area contributed by atoms with Crippen LogP contribution in [0, 0.1) is 0 Å². The molecule has 3 atom stereocenters. The summed E-state index contributed by atoms with van der Waals surface area (Å²) in [5.41, 5.74) is 4.48. The van der Waals surface area contributed by atoms with Crippen LogP contribution in [0.5, 0.6) is 0 Å². The molecule has 5 rings (SSSR count). The molecule has 8 heteroatoms. The molecule has 41 heavy (non-hydrogen) atoms. The van der Waals surface area contributed by atoms with E-state index in [-0.39, 0.29) is 30.3 Å². The normalized spacial score (nSPS) is 18.5. The fraction of sp³-hybridized carbons (Fsp3) is 0.212. The van der Waals surface area contributed by atoms with Crippen molar-refractivity contribution < 1.29 is 29.3 Å². The van der Waals surface area contributed by atoms with Gasteiger partial charge in [0.05, 0.1) is 24.4 Å². The van der Waals surface area contributed by atoms with E-state index in [2.05, 4.69) is 5.32 Å². The van der Waals surface area contributed by atoms with E-state index < -0.39 is 12.3 Å². The first-order chi connectivity index (χ1) is 20.0. The Kier molecular flexibility index (Phi) is 9.48. The summed E-state index contributed by atoms with van der Waals surface area (Å²) < 4.78 is 12.8. The highest BCUT2D eigenvalue weighted by molar-refractivity contribution is 7.99. The molecular formula is C33H31NO6S. The standard InChI is InChI=1S/C33H31NO6S/c35-20-23-12-14-24(15-13-23)29-18-27(21-41-30-9-5-4-8-28(30)32(37)38)39-33(40-29)26-16-10-22(11-17-26)19-34-31(36)25-6-2-1-3-7-25/h1-17,27,29,33,35H,18-21H2,(H,34,36)(H,37,38). The number of carbonyl (C=O) groups is 2. The van der Waals surface area contributed by atoms with E-state index in [1.165, 1.54) is 11.8 Å². The molecule has 0 saturated carbocycles. The predicted octanol–water partition coefficient (Wildman–Crippen LogP) is 6.14. The van der Waals surface area contributed by atoms with Gasteiger partial charge in [0.1, 0.15) is 0 Å². The third-order valence-electron chi connectivity index (χ3n) is 6.90. The molecule has 4 aromatic rings. The number of amides is 1. The van der Waals surface area contributed by atoms with Crippen LogP contribution < -0.4 is 5.32 Å². The monoisotopic (exact) mass is 569 g/mol. The first kappa shape index (κ1) is 28.6. The SMILES string of the molecule is O=C(NCc1ccc(C2OC(CSc3ccccc3C(=O)O)CC(c3ccc(CO)cc3)O2)cc1)c1ccccc1. The number of hydrogen-bond acceptors (Lipinski definition) is 6. The first-order valence-electron chi connectivity index (χ1n) is 13.4. The Balaban J connectivity index is 1.29. The Bertz CT molecular complexity index is 1460. The largest absolute Gasteiger partial charge is 0.478 e. The zero-order valence-corrected chi connectivity index (χ0v) is 23.1. The smallest absolute Gasteiger partial charge is 0.336 e. The van der Waals surface area contributed by atoms with Crippen molar-refractivity contribution in [2.45, 2.75) is 43.0 Å². The van der Waals surface area contributed by atoms with Gasteiger partial charge >= 0.3 is 5.97 Å². The van der Waals surface area contributed by atoms with Crippen molar-refractivity contribution in [1.82, 2.24) is 5.32 Å². The van der Waals surface area contributed by atoms with E-state index in [1.807, 2.05) is 78.9 Å². The van der Waals surface area contributed by atoms with Gasteiger partial charge in [-0.2, -0.15) is 0 Å². The Morgan fingerprint density at radius 2 is 1.46 bits per heavy atom. The zero-order valence-electron chi connectivity index (χ0n) is 22.3. The lowest BCUT2D eigenvalue weighted by molar-refractivity contribution is -0.245. The second-order valence-corrected chi connectivity index (χ2v) is 10.8. The minimum atomic E-state index is -0.958. The topological polar surface area (TPSA) is 105 Å². The molecule has 1 fully saturated rings. The van der Waals surface area contributed by atoms with Gasteiger partial charge in [-0.15, -0.1) is 11.8 Å². The lowest BCUT2D eigenvalue weighted by Crippen LogP contribution is -2.31. The molecule has 1 amide bonds. The number of rotatable bonds is 10. The van der Waals surface area contributed by atoms with Crippen LogP contribution in [-0.2, 0) is 22.6 Å². The lowest BCUT2D eigenvalue weighted by atomic mass is 10.0. The van der Waals surface area contributed by atoms with Gasteiger partial charge in [0.15, 0.2) is 6.29 Å². The van der Waals surface area contributed by atoms with E-state index in [9.17, 15) is 19.8 Å². The summed E-state index contributed by atoms with van der Waals surface area (Å²) in [6, 6.07) is 31.5. The lowest BCUT2D eigenvalue weighted by Gasteiger charge is -2.36. The second kappa shape index (κ2) is 13.6. The minimum absolute atomic E-state index is 0.0298. The average Bonchev–Trinajstić information content (AvgIpc) is 3.03. The number of carboxylic acid groups (broad SMARTS) is 1. The molecule has 1 aliphatic rings. The van der Waals surface area contributed by atoms with Crippen LogP contribution in [-0.4, -0.2) is 33.9 Å². The Morgan fingerprint density at radius 3 is 2.17 bits per heavy atom. The summed E-state index contributed by atoms with van der Waals surface area (Å²) in [5.74, 6) is -0.534. The third-order valence-corrected chi connectivity index (χ3v) is 8.10. The molecule has 0 spiro atoms. The van der Waals surface area contributed by atoms with Crippen molar-refractivity contribution in [1.29, 1.82) is 0 Å². The van der Waals surface area contributed by atoms with Crippen molar-refractivity contribution in [2.75, 3.05) is 5.75 Å². The number of aromatic carboxylic acids is 1. The third kappa shape index (κ3) is 7.42. The van der Waals surface area contributed by atoms with Crippen LogP contribution in [0.15, 0.2) is 108 Å². The number of benzene rings is 4. The summed E-state index contributed by atoms with van der Waals surface area (Å²) in [6.45, 7) is 0.362. The summed E-state index contributed by atoms with van der Waals surface area (Å²) in [6.07, 6.45) is -0.472. The van der Waals surface area contributed by atoms with Crippen LogP contribution in [0.25, 0.3) is 0 Å². The van der Waals surface area contributed by atoms with Gasteiger partial charge in [-0.05, 0) is 41.0 Å². The van der Waals surface area contributed by atoms with Crippen LogP contribution >= 0.6 is 11.8 Å². The molecule has 3 N–H and O–H groups in total. The van der Waals surface area contributed by atoms with Gasteiger partial charge in [0.2, 0.25) is 0 Å². The number of nitrogens with one attached hydrogen (secondary N) is 1. The van der Waals surface area contributed by atoms with Crippen molar-refractivity contribution in [3.8, 4) is 0 Å². The van der Waals surface area contributed by atoms with E-state index in [0.717, 1.165) is 22.3 Å². The van der Waals surface area contributed by atoms with E-state index in [0.29, 0.717) is 29.2 Å². The van der Waals surface area contributed by atoms with E-state index in [1.54, 1.807) is 24.3 Å². The van der Waals surface area contributed by atoms with Gasteiger partial charge in [-0.1, -0.05) is 78.9 Å². The Hall–Kier alpha value is -3.95. The van der Waals surface area contributed by atoms with Crippen LogP contribution in [0.3, 0.4) is 0 Å². The van der Waals surface area contributed by atoms with Crippen molar-refractivity contribution in [2.24, 2.45) is 0 Å². The molecule has 1 heterocycles. The maximum absolute atomic E-state index is 12.4. The van der Waals surface area contributed by atoms with Crippen molar-refractivity contribution in [3.63, 3.8) is 0 Å². The number of ether oxygens (including phenoxy) is 2. The minimum Gasteiger partial charge on any atom is -0.478 e. The number of aliphatic hydroxyl groups is 1. The van der Waals surface area contributed by atoms with Gasteiger partial charge in [-0.25, -0.2) is 4.79 Å². The summed E-state index contributed by atoms with van der Waals surface area (Å²) in [7, 11) is 0. The predicted molar refractivity (Wildman–Crippen MR) is 157 cm³/mol. The number of hydrogen-bond donors (Lipinski definition) is 3. The van der Waals surface area contributed by atoms with Crippen molar-refractivity contribution in [3.05, 3.63) is 137 Å². The Morgan fingerprint density at radius 1 is 0.805 bits per heavy atom.